The molecule has 0 bridgehead atoms. The third-order valence-electron chi connectivity index (χ3n) is 3.06. The Morgan fingerprint density at radius 3 is 1.16 bits per heavy atom. The average molecular weight is 326 g/mol. The van der Waals surface area contributed by atoms with Crippen LogP contribution < -0.4 is 21.7 Å². The van der Waals surface area contributed by atoms with Gasteiger partial charge in [-0.1, -0.05) is 40.5 Å². The summed E-state index contributed by atoms with van der Waals surface area (Å²) < 4.78 is 0. The molecule has 7 heteroatoms. The maximum Gasteiger partial charge on any atom is 2.00 e. The SMILES string of the molecule is CC[C@H](C)[C@H](N)C(=O)[O-].CC[C@H](C)[C@H](N)C(=O)[O-].[Zn+2]. The van der Waals surface area contributed by atoms with Gasteiger partial charge in [-0.3, -0.25) is 0 Å². The molecule has 4 atom stereocenters. The molecular weight excluding hydrogens is 302 g/mol. The minimum atomic E-state index is -1.16. The van der Waals surface area contributed by atoms with Crippen molar-refractivity contribution < 1.29 is 39.3 Å². The van der Waals surface area contributed by atoms with Crippen molar-refractivity contribution >= 4 is 11.9 Å². The van der Waals surface area contributed by atoms with Crippen LogP contribution >= 0.6 is 0 Å². The molecule has 0 aromatic heterocycles. The third kappa shape index (κ3) is 11.0. The minimum Gasteiger partial charge on any atom is -0.548 e. The Kier molecular flexibility index (Phi) is 15.5. The number of aliphatic carboxylic acids is 2. The summed E-state index contributed by atoms with van der Waals surface area (Å²) in [4.78, 5) is 20.1. The molecule has 0 saturated heterocycles. The van der Waals surface area contributed by atoms with Crippen LogP contribution in [0.4, 0.5) is 0 Å². The molecule has 0 heterocycles. The summed E-state index contributed by atoms with van der Waals surface area (Å²) >= 11 is 0. The molecule has 0 aromatic rings. The van der Waals surface area contributed by atoms with E-state index in [2.05, 4.69) is 0 Å². The monoisotopic (exact) mass is 324 g/mol. The number of hydrogen-bond acceptors (Lipinski definition) is 6. The molecule has 19 heavy (non-hydrogen) atoms. The number of carboxylic acid groups (broad SMARTS) is 2. The predicted molar refractivity (Wildman–Crippen MR) is 64.9 cm³/mol. The van der Waals surface area contributed by atoms with Crippen molar-refractivity contribution in [1.29, 1.82) is 0 Å². The van der Waals surface area contributed by atoms with Crippen molar-refractivity contribution in [2.24, 2.45) is 23.3 Å². The van der Waals surface area contributed by atoms with Gasteiger partial charge in [0.1, 0.15) is 0 Å². The molecule has 108 valence electrons. The molecule has 0 unspecified atom stereocenters. The standard InChI is InChI=1S/2C6H13NO2.Zn/c2*1-3-4(2)5(7)6(8)9;/h2*4-5H,3,7H2,1-2H3,(H,8,9);/q;;+2/p-2/t2*4-,5-;/m00./s1. The molecule has 0 aromatic carbocycles. The van der Waals surface area contributed by atoms with Crippen LogP contribution in [0.3, 0.4) is 0 Å². The maximum atomic E-state index is 10.1. The van der Waals surface area contributed by atoms with Crippen molar-refractivity contribution in [1.82, 2.24) is 0 Å². The van der Waals surface area contributed by atoms with E-state index >= 15 is 0 Å². The number of carbonyl (C=O) groups is 2. The second kappa shape index (κ2) is 12.5. The van der Waals surface area contributed by atoms with E-state index in [1.807, 2.05) is 13.8 Å². The van der Waals surface area contributed by atoms with Gasteiger partial charge in [0.15, 0.2) is 0 Å². The van der Waals surface area contributed by atoms with E-state index in [9.17, 15) is 19.8 Å². The van der Waals surface area contributed by atoms with Crippen LogP contribution in [-0.4, -0.2) is 24.0 Å². The van der Waals surface area contributed by atoms with Gasteiger partial charge in [0.25, 0.3) is 0 Å². The summed E-state index contributed by atoms with van der Waals surface area (Å²) in [6, 6.07) is -1.62. The van der Waals surface area contributed by atoms with Gasteiger partial charge in [0, 0.05) is 12.1 Å². The fourth-order valence-corrected chi connectivity index (χ4v) is 0.972. The van der Waals surface area contributed by atoms with Crippen LogP contribution in [0.15, 0.2) is 0 Å². The largest absolute Gasteiger partial charge is 2.00 e. The summed E-state index contributed by atoms with van der Waals surface area (Å²) in [5, 5.41) is 20.1. The molecule has 0 rings (SSSR count). The minimum absolute atomic E-state index is 0. The second-order valence-electron chi connectivity index (χ2n) is 4.46. The van der Waals surface area contributed by atoms with E-state index in [4.69, 9.17) is 11.5 Å². The normalized spacial score (nSPS) is 15.9. The first kappa shape index (κ1) is 23.6. The zero-order valence-corrected chi connectivity index (χ0v) is 15.2. The first-order chi connectivity index (χ1) is 8.18. The second-order valence-corrected chi connectivity index (χ2v) is 4.46. The molecule has 0 aliphatic carbocycles. The van der Waals surface area contributed by atoms with E-state index in [1.165, 1.54) is 0 Å². The van der Waals surface area contributed by atoms with Crippen molar-refractivity contribution in [3.63, 3.8) is 0 Å². The summed E-state index contributed by atoms with van der Waals surface area (Å²) in [5.74, 6) is -2.31. The van der Waals surface area contributed by atoms with Crippen LogP contribution in [0.1, 0.15) is 40.5 Å². The van der Waals surface area contributed by atoms with Gasteiger partial charge in [-0.2, -0.15) is 0 Å². The van der Waals surface area contributed by atoms with Crippen LogP contribution in [-0.2, 0) is 29.1 Å². The number of nitrogens with two attached hydrogens (primary N) is 2. The molecule has 4 N–H and O–H groups in total. The number of carbonyl (C=O) groups excluding carboxylic acids is 2. The number of hydrogen-bond donors (Lipinski definition) is 2. The van der Waals surface area contributed by atoms with Gasteiger partial charge in [0.2, 0.25) is 0 Å². The van der Waals surface area contributed by atoms with Gasteiger partial charge in [0.05, 0.1) is 11.9 Å². The Balaban J connectivity index is -0.000000256. The van der Waals surface area contributed by atoms with Gasteiger partial charge in [-0.25, -0.2) is 0 Å². The summed E-state index contributed by atoms with van der Waals surface area (Å²) in [5.41, 5.74) is 10.4. The first-order valence-corrected chi connectivity index (χ1v) is 6.11. The Labute approximate surface area is 127 Å². The molecule has 0 aliphatic rings. The van der Waals surface area contributed by atoms with Gasteiger partial charge >= 0.3 is 19.5 Å². The van der Waals surface area contributed by atoms with Crippen molar-refractivity contribution in [2.75, 3.05) is 0 Å². The Morgan fingerprint density at radius 1 is 0.895 bits per heavy atom. The van der Waals surface area contributed by atoms with Crippen molar-refractivity contribution in [3.05, 3.63) is 0 Å². The third-order valence-corrected chi connectivity index (χ3v) is 3.06. The van der Waals surface area contributed by atoms with E-state index in [0.717, 1.165) is 12.8 Å². The summed E-state index contributed by atoms with van der Waals surface area (Å²) in [7, 11) is 0. The van der Waals surface area contributed by atoms with Crippen LogP contribution in [0.5, 0.6) is 0 Å². The Hall–Kier alpha value is -0.517. The maximum absolute atomic E-state index is 10.1. The molecule has 0 saturated carbocycles. The van der Waals surface area contributed by atoms with Crippen molar-refractivity contribution in [3.8, 4) is 0 Å². The fraction of sp³-hybridized carbons (Fsp3) is 0.833. The average Bonchev–Trinajstić information content (AvgIpc) is 2.35. The molecule has 0 aliphatic heterocycles. The fourth-order valence-electron chi connectivity index (χ4n) is 0.972. The van der Waals surface area contributed by atoms with Crippen LogP contribution in [0.25, 0.3) is 0 Å². The quantitative estimate of drug-likeness (QED) is 0.555. The Bertz CT molecular complexity index is 238. The van der Waals surface area contributed by atoms with Crippen LogP contribution in [0.2, 0.25) is 0 Å². The molecule has 0 amide bonds. The zero-order valence-electron chi connectivity index (χ0n) is 12.2. The summed E-state index contributed by atoms with van der Waals surface area (Å²) in [6.45, 7) is 7.38. The van der Waals surface area contributed by atoms with E-state index < -0.39 is 24.0 Å². The smallest absolute Gasteiger partial charge is 0.548 e. The molecular formula is C12H24N2O4Zn. The zero-order chi connectivity index (χ0) is 14.9. The van der Waals surface area contributed by atoms with E-state index in [0.29, 0.717) is 0 Å². The number of carboxylic acids is 2. The van der Waals surface area contributed by atoms with Crippen LogP contribution in [0, 0.1) is 11.8 Å². The summed E-state index contributed by atoms with van der Waals surface area (Å²) in [6.07, 6.45) is 1.55. The molecule has 0 radical (unpaired) electrons. The van der Waals surface area contributed by atoms with E-state index in [1.54, 1.807) is 13.8 Å². The molecule has 0 fully saturated rings. The van der Waals surface area contributed by atoms with Gasteiger partial charge in [-0.15, -0.1) is 0 Å². The number of rotatable bonds is 6. The topological polar surface area (TPSA) is 132 Å². The Morgan fingerprint density at radius 2 is 1.11 bits per heavy atom. The first-order valence-electron chi connectivity index (χ1n) is 6.11. The van der Waals surface area contributed by atoms with Gasteiger partial charge < -0.3 is 31.3 Å². The van der Waals surface area contributed by atoms with Gasteiger partial charge in [-0.05, 0) is 11.8 Å². The molecule has 6 nitrogen and oxygen atoms in total. The van der Waals surface area contributed by atoms with E-state index in [-0.39, 0.29) is 31.3 Å². The van der Waals surface area contributed by atoms with Crippen molar-refractivity contribution in [2.45, 2.75) is 52.6 Å². The molecule has 0 spiro atoms. The predicted octanol–water partition coefficient (Wildman–Crippen LogP) is -1.78.